The van der Waals surface area contributed by atoms with Crippen LogP contribution in [-0.2, 0) is 14.8 Å². The van der Waals surface area contributed by atoms with Gasteiger partial charge in [0.15, 0.2) is 0 Å². The topological polar surface area (TPSA) is 75.7 Å². The van der Waals surface area contributed by atoms with E-state index in [-0.39, 0.29) is 34.6 Å². The lowest BCUT2D eigenvalue weighted by molar-refractivity contribution is -0.119. The Morgan fingerprint density at radius 2 is 1.69 bits per heavy atom. The molecule has 1 N–H and O–H groups in total. The van der Waals surface area contributed by atoms with Gasteiger partial charge in [-0.25, -0.2) is 12.8 Å². The van der Waals surface area contributed by atoms with Crippen LogP contribution in [0, 0.1) is 5.82 Å². The number of benzene rings is 3. The lowest BCUT2D eigenvalue weighted by atomic mass is 10.3. The highest BCUT2D eigenvalue weighted by molar-refractivity contribution is 7.92. The zero-order valence-electron chi connectivity index (χ0n) is 16.7. The quantitative estimate of drug-likeness (QED) is 0.441. The van der Waals surface area contributed by atoms with Gasteiger partial charge in [0.1, 0.15) is 24.7 Å². The van der Waals surface area contributed by atoms with Crippen molar-refractivity contribution in [2.24, 2.45) is 0 Å². The summed E-state index contributed by atoms with van der Waals surface area (Å²) >= 11 is 12.2. The van der Waals surface area contributed by atoms with Crippen LogP contribution in [-0.4, -0.2) is 34.0 Å². The third-order valence-electron chi connectivity index (χ3n) is 4.30. The normalized spacial score (nSPS) is 11.1. The van der Waals surface area contributed by atoms with Crippen molar-refractivity contribution in [2.75, 3.05) is 24.0 Å². The smallest absolute Gasteiger partial charge is 0.264 e. The number of anilines is 1. The number of hydrogen-bond donors (Lipinski definition) is 1. The number of rotatable bonds is 9. The molecule has 0 unspecified atom stereocenters. The summed E-state index contributed by atoms with van der Waals surface area (Å²) in [5, 5.41) is 3.02. The van der Waals surface area contributed by atoms with Crippen LogP contribution in [0.1, 0.15) is 0 Å². The number of hydrogen-bond acceptors (Lipinski definition) is 4. The molecule has 0 aliphatic carbocycles. The summed E-state index contributed by atoms with van der Waals surface area (Å²) in [7, 11) is -4.08. The van der Waals surface area contributed by atoms with Gasteiger partial charge in [-0.15, -0.1) is 0 Å². The van der Waals surface area contributed by atoms with Gasteiger partial charge in [-0.1, -0.05) is 41.4 Å². The molecule has 3 aromatic carbocycles. The Morgan fingerprint density at radius 1 is 1.00 bits per heavy atom. The molecule has 168 valence electrons. The number of sulfonamides is 1. The van der Waals surface area contributed by atoms with Crippen LogP contribution in [0.4, 0.5) is 10.1 Å². The van der Waals surface area contributed by atoms with E-state index in [2.05, 4.69) is 5.32 Å². The van der Waals surface area contributed by atoms with Gasteiger partial charge < -0.3 is 10.1 Å². The van der Waals surface area contributed by atoms with Gasteiger partial charge >= 0.3 is 0 Å². The van der Waals surface area contributed by atoms with E-state index >= 15 is 0 Å². The van der Waals surface area contributed by atoms with Crippen LogP contribution < -0.4 is 14.4 Å². The van der Waals surface area contributed by atoms with Crippen LogP contribution in [0.5, 0.6) is 5.75 Å². The molecule has 0 saturated carbocycles. The second-order valence-electron chi connectivity index (χ2n) is 6.57. The predicted octanol–water partition coefficient (Wildman–Crippen LogP) is 4.52. The minimum atomic E-state index is -4.08. The van der Waals surface area contributed by atoms with Crippen molar-refractivity contribution in [1.82, 2.24) is 5.32 Å². The summed E-state index contributed by atoms with van der Waals surface area (Å²) in [6.45, 7) is -0.274. The first kappa shape index (κ1) is 23.8. The Hall–Kier alpha value is -2.81. The monoisotopic (exact) mass is 496 g/mol. The highest BCUT2D eigenvalue weighted by Gasteiger charge is 2.28. The van der Waals surface area contributed by atoms with E-state index in [1.807, 2.05) is 0 Å². The Kier molecular flexibility index (Phi) is 7.95. The number of nitrogens with one attached hydrogen (secondary N) is 1. The number of carbonyl (C=O) groups is 1. The standard InChI is InChI=1S/C22H19Cl2FN2O4S/c23-16-6-11-21(20(24)14-16)27(32(29,30)19-4-2-1-3-5-19)15-22(28)26-12-13-31-18-9-7-17(25)8-10-18/h1-11,14H,12-13,15H2,(H,26,28). The molecule has 0 heterocycles. The maximum atomic E-state index is 13.2. The summed E-state index contributed by atoms with van der Waals surface area (Å²) in [5.41, 5.74) is 0.123. The first-order valence-corrected chi connectivity index (χ1v) is 11.6. The number of amides is 1. The molecule has 0 bridgehead atoms. The minimum absolute atomic E-state index is 0.0125. The first-order valence-electron chi connectivity index (χ1n) is 9.45. The zero-order valence-corrected chi connectivity index (χ0v) is 19.0. The summed E-state index contributed by atoms with van der Waals surface area (Å²) in [6.07, 6.45) is 0. The van der Waals surface area contributed by atoms with E-state index in [1.165, 1.54) is 54.6 Å². The fraction of sp³-hybridized carbons (Fsp3) is 0.136. The van der Waals surface area contributed by atoms with E-state index in [1.54, 1.807) is 18.2 Å². The van der Waals surface area contributed by atoms with Crippen molar-refractivity contribution in [3.05, 3.63) is 88.7 Å². The van der Waals surface area contributed by atoms with Crippen LogP contribution in [0.2, 0.25) is 10.0 Å². The fourth-order valence-electron chi connectivity index (χ4n) is 2.78. The molecule has 0 aromatic heterocycles. The van der Waals surface area contributed by atoms with Gasteiger partial charge in [-0.3, -0.25) is 9.10 Å². The molecule has 10 heteroatoms. The molecule has 3 aromatic rings. The molecule has 32 heavy (non-hydrogen) atoms. The van der Waals surface area contributed by atoms with E-state index in [9.17, 15) is 17.6 Å². The van der Waals surface area contributed by atoms with E-state index in [0.717, 1.165) is 4.31 Å². The zero-order chi connectivity index (χ0) is 23.1. The first-order chi connectivity index (χ1) is 15.3. The van der Waals surface area contributed by atoms with Crippen LogP contribution >= 0.6 is 23.2 Å². The maximum Gasteiger partial charge on any atom is 0.264 e. The molecular weight excluding hydrogens is 478 g/mol. The van der Waals surface area contributed by atoms with Crippen molar-refractivity contribution in [3.63, 3.8) is 0 Å². The summed E-state index contributed by atoms with van der Waals surface area (Å²) in [6, 6.07) is 17.5. The molecule has 6 nitrogen and oxygen atoms in total. The Labute approximate surface area is 195 Å². The molecule has 3 rings (SSSR count). The molecule has 0 fully saturated rings. The largest absolute Gasteiger partial charge is 0.492 e. The van der Waals surface area contributed by atoms with Crippen molar-refractivity contribution < 1.29 is 22.3 Å². The molecule has 0 aliphatic heterocycles. The van der Waals surface area contributed by atoms with Gasteiger partial charge in [0.05, 0.1) is 22.2 Å². The van der Waals surface area contributed by atoms with Crippen LogP contribution in [0.3, 0.4) is 0 Å². The Balaban J connectivity index is 1.72. The number of nitrogens with zero attached hydrogens (tertiary/aromatic N) is 1. The van der Waals surface area contributed by atoms with Crippen molar-refractivity contribution in [2.45, 2.75) is 4.90 Å². The summed E-state index contributed by atoms with van der Waals surface area (Å²) < 4.78 is 45.8. The second kappa shape index (κ2) is 10.7. The molecule has 0 saturated heterocycles. The lowest BCUT2D eigenvalue weighted by Crippen LogP contribution is -2.42. The minimum Gasteiger partial charge on any atom is -0.492 e. The van der Waals surface area contributed by atoms with E-state index in [4.69, 9.17) is 27.9 Å². The van der Waals surface area contributed by atoms with Gasteiger partial charge in [0.2, 0.25) is 5.91 Å². The van der Waals surface area contributed by atoms with Crippen LogP contribution in [0.15, 0.2) is 77.7 Å². The highest BCUT2D eigenvalue weighted by atomic mass is 35.5. The number of halogens is 3. The Morgan fingerprint density at radius 3 is 2.34 bits per heavy atom. The van der Waals surface area contributed by atoms with Crippen LogP contribution in [0.25, 0.3) is 0 Å². The summed E-state index contributed by atoms with van der Waals surface area (Å²) in [4.78, 5) is 12.6. The maximum absolute atomic E-state index is 13.2. The van der Waals surface area contributed by atoms with Gasteiger partial charge in [-0.2, -0.15) is 0 Å². The van der Waals surface area contributed by atoms with E-state index < -0.39 is 22.5 Å². The average molecular weight is 497 g/mol. The molecule has 0 radical (unpaired) electrons. The third kappa shape index (κ3) is 6.12. The molecule has 0 atom stereocenters. The SMILES string of the molecule is O=C(CN(c1ccc(Cl)cc1Cl)S(=O)(=O)c1ccccc1)NCCOc1ccc(F)cc1. The van der Waals surface area contributed by atoms with E-state index in [0.29, 0.717) is 10.8 Å². The second-order valence-corrected chi connectivity index (χ2v) is 9.28. The predicted molar refractivity (Wildman–Crippen MR) is 122 cm³/mol. The fourth-order valence-corrected chi connectivity index (χ4v) is 4.80. The van der Waals surface area contributed by atoms with Gasteiger partial charge in [-0.05, 0) is 54.6 Å². The molecule has 0 aliphatic rings. The van der Waals surface area contributed by atoms with Gasteiger partial charge in [0.25, 0.3) is 10.0 Å². The summed E-state index contributed by atoms with van der Waals surface area (Å²) in [5.74, 6) is -0.494. The number of ether oxygens (including phenoxy) is 1. The Bertz CT molecular complexity index is 1180. The van der Waals surface area contributed by atoms with Crippen molar-refractivity contribution >= 4 is 44.8 Å². The molecule has 0 spiro atoms. The van der Waals surface area contributed by atoms with Crippen molar-refractivity contribution in [1.29, 1.82) is 0 Å². The van der Waals surface area contributed by atoms with Gasteiger partial charge in [0, 0.05) is 5.02 Å². The van der Waals surface area contributed by atoms with Crippen molar-refractivity contribution in [3.8, 4) is 5.75 Å². The number of carbonyl (C=O) groups excluding carboxylic acids is 1. The highest BCUT2D eigenvalue weighted by Crippen LogP contribution is 2.32. The molecule has 1 amide bonds. The molecular formula is C22H19Cl2FN2O4S. The average Bonchev–Trinajstić information content (AvgIpc) is 2.77. The third-order valence-corrected chi connectivity index (χ3v) is 6.62. The lowest BCUT2D eigenvalue weighted by Gasteiger charge is -2.25.